The number of nitrogens with one attached hydrogen (secondary N) is 1. The van der Waals surface area contributed by atoms with Crippen molar-refractivity contribution in [3.05, 3.63) is 101 Å². The highest BCUT2D eigenvalue weighted by molar-refractivity contribution is 5.97. The molecule has 5 rings (SSSR count). The minimum atomic E-state index is -0.226. The topological polar surface area (TPSA) is 83.4 Å². The first-order chi connectivity index (χ1) is 15.1. The van der Waals surface area contributed by atoms with E-state index in [1.807, 2.05) is 46.9 Å². The first-order valence-corrected chi connectivity index (χ1v) is 9.85. The molecular weight excluding hydrogens is 390 g/mol. The molecule has 0 radical (unpaired) electrons. The van der Waals surface area contributed by atoms with Crippen molar-refractivity contribution in [1.29, 1.82) is 0 Å². The maximum absolute atomic E-state index is 13.1. The number of benzene rings is 2. The zero-order valence-electron chi connectivity index (χ0n) is 16.8. The summed E-state index contributed by atoms with van der Waals surface area (Å²) in [5, 5.41) is 0. The molecule has 0 fully saturated rings. The Morgan fingerprint density at radius 1 is 1.03 bits per heavy atom. The maximum atomic E-state index is 13.1. The number of aromatic nitrogens is 4. The van der Waals surface area contributed by atoms with Gasteiger partial charge < -0.3 is 9.88 Å². The number of carbonyl (C=O) groups is 1. The van der Waals surface area contributed by atoms with Crippen molar-refractivity contribution >= 4 is 22.5 Å². The number of pyridine rings is 1. The minimum absolute atomic E-state index is 0.112. The number of carbonyl (C=O) groups excluding carboxylic acids is 1. The molecule has 5 aromatic rings. The number of amides is 1. The molecule has 0 bridgehead atoms. The second kappa shape index (κ2) is 7.53. The van der Waals surface area contributed by atoms with Gasteiger partial charge in [0.15, 0.2) is 0 Å². The molecule has 7 heteroatoms. The number of nitrogens with zero attached hydrogens (tertiary/aromatic N) is 4. The van der Waals surface area contributed by atoms with Crippen molar-refractivity contribution in [3.8, 4) is 11.4 Å². The Balaban J connectivity index is 1.62. The first kappa shape index (κ1) is 18.7. The average molecular weight is 409 g/mol. The molecule has 0 saturated carbocycles. The number of fused-ring (bicyclic) bond motifs is 3. The third kappa shape index (κ3) is 3.36. The van der Waals surface area contributed by atoms with Crippen molar-refractivity contribution < 1.29 is 4.79 Å². The maximum Gasteiger partial charge on any atom is 0.274 e. The van der Waals surface area contributed by atoms with Crippen molar-refractivity contribution in [2.75, 3.05) is 7.05 Å². The average Bonchev–Trinajstić information content (AvgIpc) is 3.26. The highest BCUT2D eigenvalue weighted by Crippen LogP contribution is 2.23. The van der Waals surface area contributed by atoms with Gasteiger partial charge in [-0.3, -0.25) is 19.0 Å². The van der Waals surface area contributed by atoms with Gasteiger partial charge in [-0.1, -0.05) is 30.3 Å². The fourth-order valence-electron chi connectivity index (χ4n) is 3.74. The molecule has 7 nitrogen and oxygen atoms in total. The van der Waals surface area contributed by atoms with Crippen LogP contribution in [0.2, 0.25) is 0 Å². The van der Waals surface area contributed by atoms with Crippen molar-refractivity contribution in [1.82, 2.24) is 24.3 Å². The molecule has 1 N–H and O–H groups in total. The molecular formula is C24H19N5O2. The van der Waals surface area contributed by atoms with E-state index in [2.05, 4.69) is 15.0 Å². The molecule has 0 aliphatic rings. The zero-order chi connectivity index (χ0) is 21.4. The Hall–Kier alpha value is -4.26. The number of rotatable bonds is 4. The summed E-state index contributed by atoms with van der Waals surface area (Å²) >= 11 is 0. The summed E-state index contributed by atoms with van der Waals surface area (Å²) in [5.41, 5.74) is 3.98. The highest BCUT2D eigenvalue weighted by Gasteiger charge is 2.17. The minimum Gasteiger partial charge on any atom is -0.337 e. The summed E-state index contributed by atoms with van der Waals surface area (Å²) < 4.78 is 1.81. The van der Waals surface area contributed by atoms with Crippen LogP contribution >= 0.6 is 0 Å². The van der Waals surface area contributed by atoms with Crippen LogP contribution in [0.3, 0.4) is 0 Å². The SMILES string of the molecule is CN(Cc1ccncc1)C(=O)c1ccc2[nH]c(=O)c3cnc(-c4ccccc4)n3c2c1. The molecule has 0 saturated heterocycles. The Bertz CT molecular complexity index is 1460. The normalized spacial score (nSPS) is 11.1. The fourth-order valence-corrected chi connectivity index (χ4v) is 3.74. The third-order valence-corrected chi connectivity index (χ3v) is 5.28. The summed E-state index contributed by atoms with van der Waals surface area (Å²) in [4.78, 5) is 38.7. The van der Waals surface area contributed by atoms with E-state index in [1.165, 1.54) is 0 Å². The molecule has 152 valence electrons. The van der Waals surface area contributed by atoms with Gasteiger partial charge in [-0.2, -0.15) is 0 Å². The van der Waals surface area contributed by atoms with Crippen molar-refractivity contribution in [3.63, 3.8) is 0 Å². The van der Waals surface area contributed by atoms with Gasteiger partial charge in [-0.25, -0.2) is 4.98 Å². The van der Waals surface area contributed by atoms with E-state index in [0.717, 1.165) is 11.1 Å². The van der Waals surface area contributed by atoms with Crippen LogP contribution in [0.25, 0.3) is 27.9 Å². The second-order valence-electron chi connectivity index (χ2n) is 7.37. The number of hydrogen-bond acceptors (Lipinski definition) is 4. The predicted molar refractivity (Wildman–Crippen MR) is 119 cm³/mol. The van der Waals surface area contributed by atoms with Gasteiger partial charge in [-0.05, 0) is 35.9 Å². The summed E-state index contributed by atoms with van der Waals surface area (Å²) in [7, 11) is 1.77. The Kier molecular flexibility index (Phi) is 4.55. The van der Waals surface area contributed by atoms with Crippen LogP contribution in [0.15, 0.2) is 84.0 Å². The molecule has 1 amide bonds. The van der Waals surface area contributed by atoms with Crippen LogP contribution in [-0.2, 0) is 6.54 Å². The standard InChI is InChI=1S/C24H19N5O2/c1-28(15-16-9-11-25-12-10-16)24(31)18-7-8-19-20(13-18)29-21(23(30)27-19)14-26-22(29)17-5-3-2-4-6-17/h2-14H,15H2,1H3,(H,27,30). The monoisotopic (exact) mass is 409 g/mol. The van der Waals surface area contributed by atoms with Crippen LogP contribution in [0.1, 0.15) is 15.9 Å². The number of imidazole rings is 1. The lowest BCUT2D eigenvalue weighted by molar-refractivity contribution is 0.0785. The summed E-state index contributed by atoms with van der Waals surface area (Å²) in [6, 6.07) is 18.7. The lowest BCUT2D eigenvalue weighted by Gasteiger charge is -2.18. The number of H-pyrrole nitrogens is 1. The highest BCUT2D eigenvalue weighted by atomic mass is 16.2. The molecule has 3 aromatic heterocycles. The molecule has 0 unspecified atom stereocenters. The van der Waals surface area contributed by atoms with Crippen LogP contribution in [0.4, 0.5) is 0 Å². The first-order valence-electron chi connectivity index (χ1n) is 9.85. The Labute approximate surface area is 177 Å². The molecule has 0 aliphatic heterocycles. The Morgan fingerprint density at radius 3 is 2.58 bits per heavy atom. The van der Waals surface area contributed by atoms with Crippen molar-refractivity contribution in [2.45, 2.75) is 6.54 Å². The van der Waals surface area contributed by atoms with E-state index in [9.17, 15) is 9.59 Å². The molecule has 3 heterocycles. The van der Waals surface area contributed by atoms with E-state index >= 15 is 0 Å². The Morgan fingerprint density at radius 2 is 1.81 bits per heavy atom. The quantitative estimate of drug-likeness (QED) is 0.492. The van der Waals surface area contributed by atoms with Crippen LogP contribution < -0.4 is 5.56 Å². The molecule has 31 heavy (non-hydrogen) atoms. The second-order valence-corrected chi connectivity index (χ2v) is 7.37. The van der Waals surface area contributed by atoms with Gasteiger partial charge in [-0.15, -0.1) is 0 Å². The smallest absolute Gasteiger partial charge is 0.274 e. The summed E-state index contributed by atoms with van der Waals surface area (Å²) in [6.07, 6.45) is 4.98. The molecule has 0 aliphatic carbocycles. The predicted octanol–water partition coefficient (Wildman–Crippen LogP) is 3.51. The van der Waals surface area contributed by atoms with Gasteiger partial charge >= 0.3 is 0 Å². The molecule has 0 spiro atoms. The lowest BCUT2D eigenvalue weighted by Crippen LogP contribution is -2.26. The van der Waals surface area contributed by atoms with E-state index in [1.54, 1.807) is 48.7 Å². The van der Waals surface area contributed by atoms with E-state index in [-0.39, 0.29) is 11.5 Å². The van der Waals surface area contributed by atoms with Crippen LogP contribution in [0, 0.1) is 0 Å². The largest absolute Gasteiger partial charge is 0.337 e. The number of aromatic amines is 1. The van der Waals surface area contributed by atoms with Gasteiger partial charge in [0.25, 0.3) is 11.5 Å². The van der Waals surface area contributed by atoms with E-state index in [4.69, 9.17) is 0 Å². The van der Waals surface area contributed by atoms with Gasteiger partial charge in [0.1, 0.15) is 11.3 Å². The molecule has 2 aromatic carbocycles. The van der Waals surface area contributed by atoms with Gasteiger partial charge in [0.2, 0.25) is 0 Å². The van der Waals surface area contributed by atoms with E-state index in [0.29, 0.717) is 34.5 Å². The van der Waals surface area contributed by atoms with Gasteiger partial charge in [0, 0.05) is 37.1 Å². The number of hydrogen-bond donors (Lipinski definition) is 1. The lowest BCUT2D eigenvalue weighted by atomic mass is 10.1. The van der Waals surface area contributed by atoms with E-state index < -0.39 is 0 Å². The van der Waals surface area contributed by atoms with Crippen molar-refractivity contribution in [2.24, 2.45) is 0 Å². The van der Waals surface area contributed by atoms with Crippen LogP contribution in [-0.4, -0.2) is 37.2 Å². The zero-order valence-corrected chi connectivity index (χ0v) is 16.8. The summed E-state index contributed by atoms with van der Waals surface area (Å²) in [5.74, 6) is 0.542. The fraction of sp³-hybridized carbons (Fsp3) is 0.0833. The van der Waals surface area contributed by atoms with Crippen LogP contribution in [0.5, 0.6) is 0 Å². The van der Waals surface area contributed by atoms with Gasteiger partial charge in [0.05, 0.1) is 17.2 Å². The third-order valence-electron chi connectivity index (χ3n) is 5.28. The summed E-state index contributed by atoms with van der Waals surface area (Å²) in [6.45, 7) is 0.473. The molecule has 0 atom stereocenters.